The van der Waals surface area contributed by atoms with Gasteiger partial charge in [-0.15, -0.1) is 0 Å². The van der Waals surface area contributed by atoms with Gasteiger partial charge in [0.05, 0.1) is 24.0 Å². The van der Waals surface area contributed by atoms with E-state index in [0.29, 0.717) is 46.5 Å². The number of aromatic hydroxyl groups is 1. The molecule has 9 nitrogen and oxygen atoms in total. The van der Waals surface area contributed by atoms with Crippen molar-refractivity contribution in [3.05, 3.63) is 59.9 Å². The Kier molecular flexibility index (Phi) is 5.81. The van der Waals surface area contributed by atoms with Crippen LogP contribution in [0.1, 0.15) is 36.0 Å². The number of pyridine rings is 1. The third-order valence-electron chi connectivity index (χ3n) is 9.65. The van der Waals surface area contributed by atoms with Crippen LogP contribution in [0.2, 0.25) is 0 Å². The molecule has 3 aliphatic rings. The number of carbonyl (C=O) groups is 1. The van der Waals surface area contributed by atoms with Gasteiger partial charge < -0.3 is 29.6 Å². The average Bonchev–Trinajstić information content (AvgIpc) is 3.41. The molecule has 4 heterocycles. The van der Waals surface area contributed by atoms with Crippen LogP contribution in [0.5, 0.6) is 11.5 Å². The van der Waals surface area contributed by atoms with Crippen molar-refractivity contribution in [3.8, 4) is 34.3 Å². The van der Waals surface area contributed by atoms with Gasteiger partial charge in [0, 0.05) is 54.8 Å². The van der Waals surface area contributed by atoms with E-state index < -0.39 is 5.82 Å². The topological polar surface area (TPSA) is 111 Å². The number of hydrogen-bond donors (Lipinski definition) is 2. The van der Waals surface area contributed by atoms with E-state index >= 15 is 0 Å². The first-order valence-electron chi connectivity index (χ1n) is 14.9. The number of amides is 1. The number of piperidine rings is 1. The van der Waals surface area contributed by atoms with Gasteiger partial charge in [0.1, 0.15) is 28.5 Å². The maximum Gasteiger partial charge on any atom is 0.254 e. The largest absolute Gasteiger partial charge is 0.508 e. The minimum atomic E-state index is -0.524. The number of phenolic OH excluding ortho intramolecular Hbond substituents is 1. The highest BCUT2D eigenvalue weighted by atomic mass is 19.1. The molecule has 2 saturated carbocycles. The summed E-state index contributed by atoms with van der Waals surface area (Å²) in [4.78, 5) is 25.6. The molecule has 3 N–H and O–H groups in total. The number of nitrogens with zero attached hydrogens (tertiary/aromatic N) is 5. The van der Waals surface area contributed by atoms with Crippen LogP contribution >= 0.6 is 0 Å². The zero-order chi connectivity index (χ0) is 29.6. The van der Waals surface area contributed by atoms with E-state index in [2.05, 4.69) is 10.6 Å². The lowest BCUT2D eigenvalue weighted by atomic mass is 10.1. The van der Waals surface area contributed by atoms with Crippen molar-refractivity contribution in [2.24, 2.45) is 24.6 Å². The Morgan fingerprint density at radius 3 is 2.63 bits per heavy atom. The van der Waals surface area contributed by atoms with Crippen LogP contribution in [-0.4, -0.2) is 60.8 Å². The summed E-state index contributed by atoms with van der Waals surface area (Å²) in [5, 5.41) is 10.6. The summed E-state index contributed by atoms with van der Waals surface area (Å²) in [5.41, 5.74) is 10.9. The molecule has 43 heavy (non-hydrogen) atoms. The Labute approximate surface area is 247 Å². The highest BCUT2D eigenvalue weighted by Crippen LogP contribution is 2.40. The Morgan fingerprint density at radius 1 is 1.09 bits per heavy atom. The van der Waals surface area contributed by atoms with Crippen LogP contribution < -0.4 is 10.5 Å². The number of rotatable bonds is 6. The fraction of sp³-hybridized carbons (Fsp3) is 0.364. The van der Waals surface area contributed by atoms with E-state index in [4.69, 9.17) is 20.4 Å². The maximum absolute atomic E-state index is 14.8. The van der Waals surface area contributed by atoms with Crippen LogP contribution in [0, 0.1) is 17.7 Å². The Hall–Kier alpha value is -4.44. The number of carbonyl (C=O) groups excluding carboxylic acids is 1. The fourth-order valence-corrected chi connectivity index (χ4v) is 7.18. The molecule has 1 amide bonds. The normalized spacial score (nSPS) is 21.4. The monoisotopic (exact) mass is 580 g/mol. The first-order chi connectivity index (χ1) is 20.8. The number of likely N-dealkylation sites (tertiary alicyclic amines) is 1. The minimum absolute atomic E-state index is 0.0314. The van der Waals surface area contributed by atoms with Crippen LogP contribution in [0.15, 0.2) is 48.5 Å². The van der Waals surface area contributed by atoms with Crippen LogP contribution in [0.3, 0.4) is 0 Å². The van der Waals surface area contributed by atoms with Gasteiger partial charge in [-0.2, -0.15) is 0 Å². The summed E-state index contributed by atoms with van der Waals surface area (Å²) < 4.78 is 24.8. The van der Waals surface area contributed by atoms with Gasteiger partial charge in [-0.3, -0.25) is 4.79 Å². The first-order valence-corrected chi connectivity index (χ1v) is 14.9. The number of aromatic nitrogens is 4. The molecule has 3 fully saturated rings. The molecule has 3 aromatic heterocycles. The summed E-state index contributed by atoms with van der Waals surface area (Å²) in [6.07, 6.45) is 4.33. The Balaban J connectivity index is 1.25. The van der Waals surface area contributed by atoms with Crippen molar-refractivity contribution >= 4 is 28.0 Å². The highest BCUT2D eigenvalue weighted by molar-refractivity contribution is 6.00. The molecule has 0 unspecified atom stereocenters. The highest BCUT2D eigenvalue weighted by Gasteiger charge is 2.47. The predicted octanol–water partition coefficient (Wildman–Crippen LogP) is 5.08. The van der Waals surface area contributed by atoms with Crippen LogP contribution in [0.25, 0.3) is 44.8 Å². The standard InChI is InChI=1S/C33H33FN6O3/c1-38-30-25(11-20(13-28(30)43-2)33(42)40-16-19-6-10-26(40)29(19)35)37-32(38)27-12-18-5-9-24(22-8-7-21(41)14-23(22)34)36-31(18)39(27)15-17-3-4-17/h5,7-9,11-14,17,19,26,29,41H,3-4,6,10,15-16,35H2,1-2H3/t19-,26-,29-/m1/s1. The molecule has 10 heteroatoms. The van der Waals surface area contributed by atoms with Crippen molar-refractivity contribution in [1.29, 1.82) is 0 Å². The second-order valence-corrected chi connectivity index (χ2v) is 12.3. The van der Waals surface area contributed by atoms with Crippen molar-refractivity contribution in [2.75, 3.05) is 13.7 Å². The first kappa shape index (κ1) is 26.2. The van der Waals surface area contributed by atoms with Gasteiger partial charge in [0.25, 0.3) is 5.91 Å². The van der Waals surface area contributed by atoms with Crippen molar-refractivity contribution in [1.82, 2.24) is 24.0 Å². The molecule has 5 aromatic rings. The number of aryl methyl sites for hydroxylation is 1. The molecule has 3 atom stereocenters. The van der Waals surface area contributed by atoms with Gasteiger partial charge in [-0.05, 0) is 80.0 Å². The van der Waals surface area contributed by atoms with Crippen molar-refractivity contribution in [3.63, 3.8) is 0 Å². The Morgan fingerprint density at radius 2 is 1.93 bits per heavy atom. The lowest BCUT2D eigenvalue weighted by Crippen LogP contribution is -2.41. The van der Waals surface area contributed by atoms with Gasteiger partial charge in [0.2, 0.25) is 0 Å². The van der Waals surface area contributed by atoms with Gasteiger partial charge in [0.15, 0.2) is 5.82 Å². The average molecular weight is 581 g/mol. The second-order valence-electron chi connectivity index (χ2n) is 12.3. The molecule has 220 valence electrons. The SMILES string of the molecule is COc1cc(C(=O)N2C[C@H]3CC[C@@H]2[C@@H]3N)cc2nc(-c3cc4ccc(-c5ccc(O)cc5F)nc4n3CC3CC3)n(C)c12. The number of methoxy groups -OCH3 is 1. The minimum Gasteiger partial charge on any atom is -0.508 e. The lowest BCUT2D eigenvalue weighted by Gasteiger charge is -2.27. The third-order valence-corrected chi connectivity index (χ3v) is 9.65. The number of nitrogens with two attached hydrogens (primary N) is 1. The predicted molar refractivity (Wildman–Crippen MR) is 161 cm³/mol. The van der Waals surface area contributed by atoms with Crippen LogP contribution in [-0.2, 0) is 13.6 Å². The molecule has 2 bridgehead atoms. The summed E-state index contributed by atoms with van der Waals surface area (Å²) in [6, 6.07) is 13.7. The zero-order valence-electron chi connectivity index (χ0n) is 24.1. The molecular weight excluding hydrogens is 547 g/mol. The molecule has 1 aliphatic heterocycles. The summed E-state index contributed by atoms with van der Waals surface area (Å²) in [6.45, 7) is 1.47. The van der Waals surface area contributed by atoms with Crippen molar-refractivity contribution < 1.29 is 19.0 Å². The number of halogens is 1. The quantitative estimate of drug-likeness (QED) is 0.290. The molecule has 8 rings (SSSR count). The molecule has 1 saturated heterocycles. The third kappa shape index (κ3) is 4.11. The summed E-state index contributed by atoms with van der Waals surface area (Å²) >= 11 is 0. The van der Waals surface area contributed by atoms with E-state index in [1.807, 2.05) is 34.7 Å². The maximum atomic E-state index is 14.8. The lowest BCUT2D eigenvalue weighted by molar-refractivity contribution is 0.0700. The molecular formula is C33H33FN6O3. The van der Waals surface area contributed by atoms with E-state index in [9.17, 15) is 14.3 Å². The summed E-state index contributed by atoms with van der Waals surface area (Å²) in [7, 11) is 3.57. The van der Waals surface area contributed by atoms with E-state index in [0.717, 1.165) is 66.4 Å². The number of imidazole rings is 1. The van der Waals surface area contributed by atoms with Crippen LogP contribution in [0.4, 0.5) is 4.39 Å². The van der Waals surface area contributed by atoms with Crippen molar-refractivity contribution in [2.45, 2.75) is 44.3 Å². The van der Waals surface area contributed by atoms with Gasteiger partial charge in [-0.25, -0.2) is 14.4 Å². The number of ether oxygens (including phenoxy) is 1. The molecule has 0 radical (unpaired) electrons. The number of fused-ring (bicyclic) bond motifs is 4. The van der Waals surface area contributed by atoms with E-state index in [-0.39, 0.29) is 23.7 Å². The molecule has 2 aliphatic carbocycles. The second kappa shape index (κ2) is 9.54. The molecule has 2 aromatic carbocycles. The van der Waals surface area contributed by atoms with E-state index in [1.54, 1.807) is 19.2 Å². The number of hydrogen-bond acceptors (Lipinski definition) is 6. The number of phenols is 1. The Bertz CT molecular complexity index is 1940. The summed E-state index contributed by atoms with van der Waals surface area (Å²) in [5.74, 6) is 1.55. The fourth-order valence-electron chi connectivity index (χ4n) is 7.18. The zero-order valence-corrected chi connectivity index (χ0v) is 24.1. The molecule has 0 spiro atoms. The smallest absolute Gasteiger partial charge is 0.254 e. The van der Waals surface area contributed by atoms with Gasteiger partial charge in [-0.1, -0.05) is 0 Å². The van der Waals surface area contributed by atoms with Gasteiger partial charge >= 0.3 is 0 Å². The van der Waals surface area contributed by atoms with E-state index in [1.165, 1.54) is 6.07 Å². The number of benzene rings is 2.